The van der Waals surface area contributed by atoms with Gasteiger partial charge in [0.15, 0.2) is 16.4 Å². The summed E-state index contributed by atoms with van der Waals surface area (Å²) in [6, 6.07) is 3.14. The molecule has 144 valence electrons. The van der Waals surface area contributed by atoms with E-state index in [-0.39, 0.29) is 29.4 Å². The van der Waals surface area contributed by atoms with E-state index in [9.17, 15) is 18.0 Å². The molecule has 2 heterocycles. The Balaban J connectivity index is 1.92. The molecule has 2 rings (SSSR count). The number of rotatable bonds is 7. The summed E-state index contributed by atoms with van der Waals surface area (Å²) in [5, 5.41) is 0. The molecule has 1 unspecified atom stereocenters. The molecule has 0 aromatic carbocycles. The van der Waals surface area contributed by atoms with Gasteiger partial charge in [-0.2, -0.15) is 0 Å². The Bertz CT molecular complexity index is 777. The van der Waals surface area contributed by atoms with Crippen LogP contribution in [0.25, 0.3) is 6.08 Å². The Labute approximate surface area is 153 Å². The zero-order valence-electron chi connectivity index (χ0n) is 15.3. The molecule has 1 atom stereocenters. The van der Waals surface area contributed by atoms with Crippen molar-refractivity contribution in [1.82, 2.24) is 4.90 Å². The lowest BCUT2D eigenvalue weighted by atomic mass is 10.1. The lowest BCUT2D eigenvalue weighted by Gasteiger charge is -2.29. The Hall–Kier alpha value is -2.09. The second-order valence-electron chi connectivity index (χ2n) is 6.89. The summed E-state index contributed by atoms with van der Waals surface area (Å²) < 4.78 is 33.7. The van der Waals surface area contributed by atoms with Gasteiger partial charge < -0.3 is 14.1 Å². The highest BCUT2D eigenvalue weighted by Gasteiger charge is 2.35. The van der Waals surface area contributed by atoms with Crippen molar-refractivity contribution in [2.45, 2.75) is 33.2 Å². The van der Waals surface area contributed by atoms with Gasteiger partial charge in [-0.1, -0.05) is 13.8 Å². The zero-order chi connectivity index (χ0) is 19.3. The van der Waals surface area contributed by atoms with Crippen LogP contribution in [0, 0.1) is 12.8 Å². The monoisotopic (exact) mass is 383 g/mol. The summed E-state index contributed by atoms with van der Waals surface area (Å²) in [5.74, 6) is 0.446. The van der Waals surface area contributed by atoms with Crippen LogP contribution in [0.3, 0.4) is 0 Å². The van der Waals surface area contributed by atoms with Crippen molar-refractivity contribution in [2.75, 3.05) is 24.7 Å². The minimum Gasteiger partial charge on any atom is -0.462 e. The average Bonchev–Trinajstić information content (AvgIpc) is 3.13. The smallest absolute Gasteiger partial charge is 0.331 e. The molecule has 8 heteroatoms. The van der Waals surface area contributed by atoms with Crippen molar-refractivity contribution >= 4 is 27.8 Å². The number of furan rings is 1. The number of sulfone groups is 1. The number of carbonyl (C=O) groups excluding carboxylic acids is 2. The summed E-state index contributed by atoms with van der Waals surface area (Å²) in [6.45, 7) is 5.70. The second-order valence-corrected chi connectivity index (χ2v) is 9.11. The molecule has 0 radical (unpaired) electrons. The predicted molar refractivity (Wildman–Crippen MR) is 97.0 cm³/mol. The first-order valence-electron chi connectivity index (χ1n) is 8.57. The zero-order valence-corrected chi connectivity index (χ0v) is 16.1. The molecule has 1 aromatic rings. The van der Waals surface area contributed by atoms with Crippen LogP contribution in [0.2, 0.25) is 0 Å². The van der Waals surface area contributed by atoms with Gasteiger partial charge in [0.1, 0.15) is 11.5 Å². The number of carbonyl (C=O) groups is 2. The highest BCUT2D eigenvalue weighted by atomic mass is 32.2. The molecular weight excluding hydrogens is 358 g/mol. The van der Waals surface area contributed by atoms with Crippen LogP contribution in [0.15, 0.2) is 22.6 Å². The standard InChI is InChI=1S/C18H25NO6S/c1-13(2)10-19(15-8-9-26(22,23)12-15)17(20)11-24-18(21)7-6-16-5-4-14(3)25-16/h4-7,13,15H,8-12H2,1-3H3/b7-6+. The number of amides is 1. The molecule has 1 aliphatic heterocycles. The summed E-state index contributed by atoms with van der Waals surface area (Å²) in [4.78, 5) is 25.8. The van der Waals surface area contributed by atoms with Gasteiger partial charge in [0.2, 0.25) is 0 Å². The Morgan fingerprint density at radius 1 is 1.38 bits per heavy atom. The van der Waals surface area contributed by atoms with E-state index in [2.05, 4.69) is 0 Å². The quantitative estimate of drug-likeness (QED) is 0.527. The minimum atomic E-state index is -3.10. The first-order valence-corrected chi connectivity index (χ1v) is 10.4. The molecule has 1 aliphatic rings. The number of aryl methyl sites for hydroxylation is 1. The first kappa shape index (κ1) is 20.2. The van der Waals surface area contributed by atoms with E-state index in [0.717, 1.165) is 5.76 Å². The summed E-state index contributed by atoms with van der Waals surface area (Å²) >= 11 is 0. The summed E-state index contributed by atoms with van der Waals surface area (Å²) in [5.41, 5.74) is 0. The highest BCUT2D eigenvalue weighted by Crippen LogP contribution is 2.19. The molecule has 0 aliphatic carbocycles. The average molecular weight is 383 g/mol. The highest BCUT2D eigenvalue weighted by molar-refractivity contribution is 7.91. The largest absolute Gasteiger partial charge is 0.462 e. The fraction of sp³-hybridized carbons (Fsp3) is 0.556. The Morgan fingerprint density at radius 2 is 2.12 bits per heavy atom. The third kappa shape index (κ3) is 6.01. The number of nitrogens with zero attached hydrogens (tertiary/aromatic N) is 1. The summed E-state index contributed by atoms with van der Waals surface area (Å²) in [7, 11) is -3.10. The molecular formula is C18H25NO6S. The van der Waals surface area contributed by atoms with Crippen molar-refractivity contribution in [1.29, 1.82) is 0 Å². The maximum atomic E-state index is 12.5. The minimum absolute atomic E-state index is 0.0306. The normalized spacial score (nSPS) is 19.2. The maximum absolute atomic E-state index is 12.5. The SMILES string of the molecule is Cc1ccc(/C=C/C(=O)OCC(=O)N(CC(C)C)C2CCS(=O)(=O)C2)o1. The van der Waals surface area contributed by atoms with Gasteiger partial charge in [-0.3, -0.25) is 4.79 Å². The topological polar surface area (TPSA) is 93.9 Å². The summed E-state index contributed by atoms with van der Waals surface area (Å²) in [6.07, 6.45) is 3.08. The van der Waals surface area contributed by atoms with Crippen LogP contribution in [0.4, 0.5) is 0 Å². The van der Waals surface area contributed by atoms with E-state index in [1.807, 2.05) is 13.8 Å². The molecule has 0 bridgehead atoms. The van der Waals surface area contributed by atoms with E-state index in [4.69, 9.17) is 9.15 Å². The number of hydrogen-bond acceptors (Lipinski definition) is 6. The number of hydrogen-bond donors (Lipinski definition) is 0. The molecule has 26 heavy (non-hydrogen) atoms. The van der Waals surface area contributed by atoms with Gasteiger partial charge in [-0.25, -0.2) is 13.2 Å². The van der Waals surface area contributed by atoms with Crippen molar-refractivity contribution in [3.63, 3.8) is 0 Å². The van der Waals surface area contributed by atoms with Gasteiger partial charge in [0, 0.05) is 18.7 Å². The van der Waals surface area contributed by atoms with Crippen LogP contribution in [0.5, 0.6) is 0 Å². The third-order valence-corrected chi connectivity index (χ3v) is 5.76. The lowest BCUT2D eigenvalue weighted by Crippen LogP contribution is -2.45. The van der Waals surface area contributed by atoms with Gasteiger partial charge in [-0.05, 0) is 37.5 Å². The van der Waals surface area contributed by atoms with Crippen LogP contribution < -0.4 is 0 Å². The molecule has 0 spiro atoms. The Kier molecular flexibility index (Phi) is 6.63. The van der Waals surface area contributed by atoms with Crippen LogP contribution >= 0.6 is 0 Å². The van der Waals surface area contributed by atoms with E-state index < -0.39 is 22.4 Å². The van der Waals surface area contributed by atoms with E-state index in [1.54, 1.807) is 19.1 Å². The van der Waals surface area contributed by atoms with Gasteiger partial charge in [-0.15, -0.1) is 0 Å². The van der Waals surface area contributed by atoms with Gasteiger partial charge in [0.05, 0.1) is 11.5 Å². The molecule has 0 saturated carbocycles. The molecule has 1 aromatic heterocycles. The maximum Gasteiger partial charge on any atom is 0.331 e. The lowest BCUT2D eigenvalue weighted by molar-refractivity contribution is -0.149. The molecule has 1 amide bonds. The molecule has 1 saturated heterocycles. The third-order valence-electron chi connectivity index (χ3n) is 4.01. The van der Waals surface area contributed by atoms with Crippen LogP contribution in [0.1, 0.15) is 31.8 Å². The van der Waals surface area contributed by atoms with Crippen LogP contribution in [-0.2, 0) is 24.2 Å². The van der Waals surface area contributed by atoms with E-state index in [0.29, 0.717) is 18.7 Å². The first-order chi connectivity index (χ1) is 12.2. The van der Waals surface area contributed by atoms with E-state index >= 15 is 0 Å². The molecule has 7 nitrogen and oxygen atoms in total. The van der Waals surface area contributed by atoms with Crippen molar-refractivity contribution in [3.05, 3.63) is 29.7 Å². The van der Waals surface area contributed by atoms with E-state index in [1.165, 1.54) is 17.1 Å². The predicted octanol–water partition coefficient (Wildman–Crippen LogP) is 1.82. The number of esters is 1. The molecule has 1 fully saturated rings. The van der Waals surface area contributed by atoms with Crippen molar-refractivity contribution < 1.29 is 27.2 Å². The van der Waals surface area contributed by atoms with Gasteiger partial charge in [0.25, 0.3) is 5.91 Å². The molecule has 0 N–H and O–H groups in total. The Morgan fingerprint density at radius 3 is 2.65 bits per heavy atom. The van der Waals surface area contributed by atoms with Crippen LogP contribution in [-0.4, -0.2) is 55.9 Å². The fourth-order valence-electron chi connectivity index (χ4n) is 2.83. The van der Waals surface area contributed by atoms with Crippen molar-refractivity contribution in [2.24, 2.45) is 5.92 Å². The second kappa shape index (κ2) is 8.53. The van der Waals surface area contributed by atoms with Gasteiger partial charge >= 0.3 is 5.97 Å². The fourth-order valence-corrected chi connectivity index (χ4v) is 4.56. The number of ether oxygens (including phenoxy) is 1. The van der Waals surface area contributed by atoms with Crippen molar-refractivity contribution in [3.8, 4) is 0 Å².